The van der Waals surface area contributed by atoms with Gasteiger partial charge in [0.2, 0.25) is 0 Å². The van der Waals surface area contributed by atoms with Crippen molar-refractivity contribution in [2.45, 2.75) is 13.0 Å². The molecule has 0 spiro atoms. The van der Waals surface area contributed by atoms with Crippen LogP contribution in [0.2, 0.25) is 5.15 Å². The number of benzene rings is 2. The molecule has 4 aromatic rings. The summed E-state index contributed by atoms with van der Waals surface area (Å²) in [7, 11) is -1.30. The molecule has 9 heteroatoms. The third-order valence-electron chi connectivity index (χ3n) is 5.18. The van der Waals surface area contributed by atoms with Crippen LogP contribution >= 0.6 is 11.6 Å². The number of rotatable bonds is 6. The van der Waals surface area contributed by atoms with Gasteiger partial charge in [-0.25, -0.2) is 9.19 Å². The Morgan fingerprint density at radius 2 is 1.91 bits per heavy atom. The summed E-state index contributed by atoms with van der Waals surface area (Å²) in [4.78, 5) is 8.61. The highest BCUT2D eigenvalue weighted by atomic mass is 35.5. The highest BCUT2D eigenvalue weighted by Crippen LogP contribution is 2.35. The Balaban J connectivity index is 1.81. The topological polar surface area (TPSA) is 111 Å². The first-order chi connectivity index (χ1) is 15.9. The number of nitrogens with zero attached hydrogens (tertiary/aromatic N) is 3. The van der Waals surface area contributed by atoms with E-state index in [0.717, 1.165) is 16.5 Å². The van der Waals surface area contributed by atoms with Crippen molar-refractivity contribution in [2.75, 3.05) is 16.3 Å². The highest BCUT2D eigenvalue weighted by Gasteiger charge is 2.16. The van der Waals surface area contributed by atoms with Gasteiger partial charge < -0.3 is 15.1 Å². The zero-order valence-corrected chi connectivity index (χ0v) is 19.4. The number of pyridine rings is 2. The first kappa shape index (κ1) is 22.5. The Morgan fingerprint density at radius 1 is 1.12 bits per heavy atom. The molecule has 2 aromatic carbocycles. The molecule has 0 radical (unpaired) electrons. The number of nitriles is 1. The lowest BCUT2D eigenvalue weighted by Gasteiger charge is -2.19. The minimum atomic E-state index is -1.30. The van der Waals surface area contributed by atoms with Gasteiger partial charge in [-0.15, -0.1) is 0 Å². The Bertz CT molecular complexity index is 1420. The van der Waals surface area contributed by atoms with Gasteiger partial charge in [0.1, 0.15) is 22.8 Å². The van der Waals surface area contributed by atoms with Crippen molar-refractivity contribution in [2.24, 2.45) is 0 Å². The van der Waals surface area contributed by atoms with Crippen LogP contribution in [0.15, 0.2) is 60.9 Å². The van der Waals surface area contributed by atoms with Crippen molar-refractivity contribution in [3.8, 4) is 22.9 Å². The summed E-state index contributed by atoms with van der Waals surface area (Å²) in [6.07, 6.45) is 4.68. The fraction of sp³-hybridized carbons (Fsp3) is 0.125. The van der Waals surface area contributed by atoms with Crippen molar-refractivity contribution >= 4 is 44.9 Å². The van der Waals surface area contributed by atoms with E-state index in [2.05, 4.69) is 26.1 Å². The van der Waals surface area contributed by atoms with E-state index in [4.69, 9.17) is 11.6 Å². The van der Waals surface area contributed by atoms with Gasteiger partial charge in [0.25, 0.3) is 0 Å². The largest absolute Gasteiger partial charge is 0.508 e. The number of fused-ring (bicyclic) bond motifs is 1. The van der Waals surface area contributed by atoms with Crippen LogP contribution < -0.4 is 10.0 Å². The highest BCUT2D eigenvalue weighted by molar-refractivity contribution is 7.85. The molecule has 2 heterocycles. The van der Waals surface area contributed by atoms with E-state index < -0.39 is 11.0 Å². The van der Waals surface area contributed by atoms with Crippen molar-refractivity contribution < 1.29 is 9.32 Å². The van der Waals surface area contributed by atoms with E-state index in [0.29, 0.717) is 28.0 Å². The molecule has 2 unspecified atom stereocenters. The fourth-order valence-corrected chi connectivity index (χ4v) is 4.26. The van der Waals surface area contributed by atoms with E-state index in [-0.39, 0.29) is 16.9 Å². The second-order valence-electron chi connectivity index (χ2n) is 7.43. The van der Waals surface area contributed by atoms with E-state index >= 15 is 0 Å². The van der Waals surface area contributed by atoms with Gasteiger partial charge in [-0.3, -0.25) is 4.98 Å². The molecule has 2 aromatic heterocycles. The van der Waals surface area contributed by atoms with Gasteiger partial charge >= 0.3 is 0 Å². The molecule has 4 rings (SSSR count). The SMILES string of the molecule is CC(Nc1c(C#N)cnc2ccc(-c3cnc(Cl)c(NS(C)=O)c3)cc12)c1ccccc1O. The standard InChI is InChI=1S/C24H20ClN5O2S/c1-14(18-5-3-4-6-22(18)31)29-23-17(11-26)13-27-20-8-7-15(9-19(20)23)16-10-21(30-33(2)32)24(25)28-12-16/h3-10,12-14,30-31H,1-2H3,(H,27,29). The third-order valence-corrected chi connectivity index (χ3v) is 5.99. The molecular weight excluding hydrogens is 458 g/mol. The van der Waals surface area contributed by atoms with Gasteiger partial charge in [-0.2, -0.15) is 5.26 Å². The molecule has 3 N–H and O–H groups in total. The number of aromatic nitrogens is 2. The number of nitrogens with one attached hydrogen (secondary N) is 2. The van der Waals surface area contributed by atoms with E-state index in [1.807, 2.05) is 37.3 Å². The number of anilines is 2. The molecule has 7 nitrogen and oxygen atoms in total. The van der Waals surface area contributed by atoms with E-state index in [1.165, 1.54) is 12.5 Å². The number of aromatic hydroxyl groups is 1. The lowest BCUT2D eigenvalue weighted by molar-refractivity contribution is 0.465. The van der Waals surface area contributed by atoms with Crippen molar-refractivity contribution in [1.82, 2.24) is 9.97 Å². The molecule has 0 saturated carbocycles. The average Bonchev–Trinajstić information content (AvgIpc) is 2.80. The molecule has 0 aliphatic heterocycles. The predicted octanol–water partition coefficient (Wildman–Crippen LogP) is 5.41. The second-order valence-corrected chi connectivity index (χ2v) is 8.90. The summed E-state index contributed by atoms with van der Waals surface area (Å²) in [5, 5.41) is 24.3. The Labute approximate surface area is 198 Å². The van der Waals surface area contributed by atoms with E-state index in [9.17, 15) is 14.6 Å². The molecule has 0 bridgehead atoms. The fourth-order valence-electron chi connectivity index (χ4n) is 3.59. The monoisotopic (exact) mass is 477 g/mol. The Kier molecular flexibility index (Phi) is 6.45. The van der Waals surface area contributed by atoms with Crippen molar-refractivity contribution in [3.05, 3.63) is 77.2 Å². The number of halogens is 1. The average molecular weight is 478 g/mol. The first-order valence-corrected chi connectivity index (χ1v) is 11.9. The molecule has 166 valence electrons. The summed E-state index contributed by atoms with van der Waals surface area (Å²) < 4.78 is 14.4. The summed E-state index contributed by atoms with van der Waals surface area (Å²) in [5.41, 5.74) is 4.48. The van der Waals surface area contributed by atoms with Gasteiger partial charge in [0.15, 0.2) is 5.15 Å². The molecule has 0 amide bonds. The van der Waals surface area contributed by atoms with Crippen LogP contribution in [0.25, 0.3) is 22.0 Å². The van der Waals surface area contributed by atoms with Crippen LogP contribution in [0.1, 0.15) is 24.1 Å². The molecule has 33 heavy (non-hydrogen) atoms. The number of para-hydroxylation sites is 1. The summed E-state index contributed by atoms with van der Waals surface area (Å²) in [6, 6.07) is 16.5. The van der Waals surface area contributed by atoms with Crippen molar-refractivity contribution in [1.29, 1.82) is 5.26 Å². The molecule has 0 fully saturated rings. The lowest BCUT2D eigenvalue weighted by Crippen LogP contribution is -2.09. The second kappa shape index (κ2) is 9.45. The number of hydrogen-bond donors (Lipinski definition) is 3. The van der Waals surface area contributed by atoms with Crippen molar-refractivity contribution in [3.63, 3.8) is 0 Å². The molecule has 0 saturated heterocycles. The zero-order chi connectivity index (χ0) is 23.5. The minimum Gasteiger partial charge on any atom is -0.508 e. The maximum Gasteiger partial charge on any atom is 0.153 e. The first-order valence-electron chi connectivity index (χ1n) is 10.0. The molecule has 0 aliphatic carbocycles. The summed E-state index contributed by atoms with van der Waals surface area (Å²) >= 11 is 6.13. The quantitative estimate of drug-likeness (QED) is 0.320. The van der Waals surface area contributed by atoms with Crippen LogP contribution in [0, 0.1) is 11.3 Å². The maximum absolute atomic E-state index is 11.6. The minimum absolute atomic E-state index is 0.177. The smallest absolute Gasteiger partial charge is 0.153 e. The zero-order valence-electron chi connectivity index (χ0n) is 17.8. The maximum atomic E-state index is 11.6. The number of phenolic OH excluding ortho intramolecular Hbond substituents is 1. The van der Waals surface area contributed by atoms with Crippen LogP contribution in [0.5, 0.6) is 5.75 Å². The Hall–Kier alpha value is -3.67. The third kappa shape index (κ3) is 4.75. The molecule has 0 aliphatic rings. The van der Waals surface area contributed by atoms with Crippen LogP contribution in [-0.4, -0.2) is 25.5 Å². The number of hydrogen-bond acceptors (Lipinski definition) is 6. The molecule has 2 atom stereocenters. The van der Waals surface area contributed by atoms with Crippen LogP contribution in [-0.2, 0) is 11.0 Å². The summed E-state index contributed by atoms with van der Waals surface area (Å²) in [6.45, 7) is 1.91. The van der Waals surface area contributed by atoms with E-state index in [1.54, 1.807) is 24.4 Å². The summed E-state index contributed by atoms with van der Waals surface area (Å²) in [5.74, 6) is 0.177. The normalized spacial score (nSPS) is 12.7. The predicted molar refractivity (Wildman–Crippen MR) is 133 cm³/mol. The number of phenols is 1. The van der Waals surface area contributed by atoms with Gasteiger partial charge in [-0.05, 0) is 36.8 Å². The lowest BCUT2D eigenvalue weighted by atomic mass is 10.0. The Morgan fingerprint density at radius 3 is 2.64 bits per heavy atom. The van der Waals surface area contributed by atoms with Crippen LogP contribution in [0.3, 0.4) is 0 Å². The van der Waals surface area contributed by atoms with Gasteiger partial charge in [0.05, 0.1) is 28.5 Å². The van der Waals surface area contributed by atoms with Crippen LogP contribution in [0.4, 0.5) is 11.4 Å². The van der Waals surface area contributed by atoms with Gasteiger partial charge in [0, 0.05) is 35.2 Å². The van der Waals surface area contributed by atoms with Gasteiger partial charge in [-0.1, -0.05) is 35.9 Å². The molecular formula is C24H20ClN5O2S.